The monoisotopic (exact) mass is 487 g/mol. The van der Waals surface area contributed by atoms with E-state index >= 15 is 0 Å². The first kappa shape index (κ1) is 25.1. The molecule has 0 aromatic heterocycles. The second-order valence-electron chi connectivity index (χ2n) is 9.18. The lowest BCUT2D eigenvalue weighted by Crippen LogP contribution is -3.07. The van der Waals surface area contributed by atoms with Crippen LogP contribution in [0.5, 0.6) is 17.2 Å². The van der Waals surface area contributed by atoms with Crippen molar-refractivity contribution in [3.63, 3.8) is 0 Å². The molecular weight excluding hydrogens is 452 g/mol. The molecule has 3 heterocycles. The highest BCUT2D eigenvalue weighted by Gasteiger charge is 2.41. The van der Waals surface area contributed by atoms with Gasteiger partial charge in [-0.1, -0.05) is 0 Å². The van der Waals surface area contributed by atoms with Gasteiger partial charge in [-0.15, -0.1) is 0 Å². The van der Waals surface area contributed by atoms with Gasteiger partial charge in [0, 0.05) is 24.7 Å². The first-order valence-electron chi connectivity index (χ1n) is 12.1. The zero-order chi connectivity index (χ0) is 25.0. The minimum Gasteiger partial charge on any atom is -0.496 e. The van der Waals surface area contributed by atoms with E-state index in [0.717, 1.165) is 23.4 Å². The van der Waals surface area contributed by atoms with Gasteiger partial charge in [0.2, 0.25) is 5.76 Å². The largest absolute Gasteiger partial charge is 0.496 e. The summed E-state index contributed by atoms with van der Waals surface area (Å²) in [4.78, 5) is 13.7. The summed E-state index contributed by atoms with van der Waals surface area (Å²) in [7, 11) is 1.60. The summed E-state index contributed by atoms with van der Waals surface area (Å²) in [6.45, 7) is 5.32. The molecule has 0 saturated heterocycles. The third-order valence-electron chi connectivity index (χ3n) is 6.58. The highest BCUT2D eigenvalue weighted by molar-refractivity contribution is 5.95. The summed E-state index contributed by atoms with van der Waals surface area (Å²) in [6.07, 6.45) is 9.55. The van der Waals surface area contributed by atoms with E-state index in [1.165, 1.54) is 4.90 Å². The average molecular weight is 488 g/mol. The Balaban J connectivity index is 1.69. The minimum absolute atomic E-state index is 0.0929. The molecule has 0 aliphatic carbocycles. The van der Waals surface area contributed by atoms with E-state index in [1.807, 2.05) is 12.4 Å². The number of carbonyl (C=O) groups is 1. The van der Waals surface area contributed by atoms with E-state index in [-0.39, 0.29) is 19.0 Å². The van der Waals surface area contributed by atoms with Crippen molar-refractivity contribution >= 4 is 11.5 Å². The summed E-state index contributed by atoms with van der Waals surface area (Å²) in [6, 6.07) is 1.77. The third-order valence-corrected chi connectivity index (χ3v) is 6.58. The van der Waals surface area contributed by atoms with Gasteiger partial charge in [0.1, 0.15) is 36.1 Å². The van der Waals surface area contributed by atoms with Crippen LogP contribution in [0.3, 0.4) is 0 Å². The van der Waals surface area contributed by atoms with Crippen LogP contribution in [0.2, 0.25) is 0 Å². The average Bonchev–Trinajstić information content (AvgIpc) is 3.51. The maximum absolute atomic E-state index is 12.5. The first-order chi connectivity index (χ1) is 16.9. The molecule has 1 aromatic rings. The second-order valence-corrected chi connectivity index (χ2v) is 9.18. The normalized spacial score (nSPS) is 22.9. The molecule has 35 heavy (non-hydrogen) atoms. The molecule has 4 rings (SSSR count). The maximum Gasteiger partial charge on any atom is 0.374 e. The quantitative estimate of drug-likeness (QED) is 0.286. The van der Waals surface area contributed by atoms with Gasteiger partial charge < -0.3 is 34.5 Å². The molecule has 0 saturated carbocycles. The molecule has 3 unspecified atom stereocenters. The van der Waals surface area contributed by atoms with Crippen LogP contribution in [0, 0.1) is 0 Å². The zero-order valence-corrected chi connectivity index (χ0v) is 20.6. The lowest BCUT2D eigenvalue weighted by molar-refractivity contribution is -0.836. The van der Waals surface area contributed by atoms with Gasteiger partial charge in [-0.2, -0.15) is 0 Å². The van der Waals surface area contributed by atoms with E-state index in [9.17, 15) is 9.90 Å². The fraction of sp³-hybridized carbons (Fsp3) is 0.500. The summed E-state index contributed by atoms with van der Waals surface area (Å²) >= 11 is 0. The lowest BCUT2D eigenvalue weighted by atomic mass is 9.88. The number of benzene rings is 1. The Hall–Kier alpha value is -3.01. The fourth-order valence-corrected chi connectivity index (χ4v) is 4.65. The van der Waals surface area contributed by atoms with Crippen LogP contribution >= 0.6 is 0 Å². The van der Waals surface area contributed by atoms with Crippen molar-refractivity contribution in [1.29, 1.82) is 0 Å². The molecule has 9 heteroatoms. The maximum atomic E-state index is 12.5. The SMILES string of the molecule is CCOC(=O)C1=CC(=CC[NH+]2C=CNC2)c2c(cc3c(c2OC)CC(C(C)(O)CCCCO)O3)O1. The number of hydrogen-bond donors (Lipinski definition) is 4. The van der Waals surface area contributed by atoms with Crippen molar-refractivity contribution in [3.8, 4) is 17.2 Å². The highest BCUT2D eigenvalue weighted by Crippen LogP contribution is 2.50. The van der Waals surface area contributed by atoms with Crippen molar-refractivity contribution in [2.45, 2.75) is 51.2 Å². The van der Waals surface area contributed by atoms with E-state index in [0.29, 0.717) is 49.5 Å². The molecule has 3 aliphatic rings. The molecule has 3 atom stereocenters. The summed E-state index contributed by atoms with van der Waals surface area (Å²) in [5, 5.41) is 23.4. The Morgan fingerprint density at radius 2 is 2.20 bits per heavy atom. The van der Waals surface area contributed by atoms with Gasteiger partial charge in [-0.3, -0.25) is 4.90 Å². The van der Waals surface area contributed by atoms with Gasteiger partial charge in [-0.05, 0) is 50.8 Å². The Morgan fingerprint density at radius 1 is 1.37 bits per heavy atom. The molecule has 0 radical (unpaired) electrons. The summed E-state index contributed by atoms with van der Waals surface area (Å²) in [5.74, 6) is 1.19. The number of carbonyl (C=O) groups excluding carboxylic acids is 1. The van der Waals surface area contributed by atoms with Crippen LogP contribution in [-0.4, -0.2) is 61.4 Å². The third kappa shape index (κ3) is 5.32. The van der Waals surface area contributed by atoms with E-state index in [2.05, 4.69) is 11.4 Å². The molecule has 0 bridgehead atoms. The van der Waals surface area contributed by atoms with Crippen molar-refractivity contribution in [1.82, 2.24) is 5.32 Å². The molecule has 1 aromatic carbocycles. The fourth-order valence-electron chi connectivity index (χ4n) is 4.65. The van der Waals surface area contributed by atoms with Gasteiger partial charge in [0.15, 0.2) is 6.67 Å². The Morgan fingerprint density at radius 3 is 2.89 bits per heavy atom. The van der Waals surface area contributed by atoms with Crippen molar-refractivity contribution in [2.75, 3.05) is 33.5 Å². The van der Waals surface area contributed by atoms with Gasteiger partial charge in [0.25, 0.3) is 0 Å². The predicted molar refractivity (Wildman–Crippen MR) is 129 cm³/mol. The van der Waals surface area contributed by atoms with Gasteiger partial charge in [0.05, 0.1) is 31.1 Å². The van der Waals surface area contributed by atoms with Gasteiger partial charge in [-0.25, -0.2) is 4.79 Å². The Bertz CT molecular complexity index is 1040. The molecule has 0 spiro atoms. The van der Waals surface area contributed by atoms with Crippen LogP contribution < -0.4 is 24.4 Å². The van der Waals surface area contributed by atoms with Gasteiger partial charge >= 0.3 is 5.97 Å². The number of nitrogens with one attached hydrogen (secondary N) is 2. The topological polar surface area (TPSA) is 111 Å². The Kier molecular flexibility index (Phi) is 7.69. The standard InChI is InChI=1S/C26H34N2O7/c1-4-33-25(30)21-13-17(7-10-28-11-9-27-16-28)23-20(34-21)15-19-18(24(23)32-3)14-22(35-19)26(2,31)8-5-6-12-29/h7,9,11,13,15,22,27,29,31H,4-6,8,10,12,14,16H2,1-3H3/p+1. The van der Waals surface area contributed by atoms with Crippen LogP contribution in [0.1, 0.15) is 44.2 Å². The number of methoxy groups -OCH3 is 1. The van der Waals surface area contributed by atoms with E-state index < -0.39 is 17.7 Å². The number of fused-ring (bicyclic) bond motifs is 2. The minimum atomic E-state index is -1.08. The molecular formula is C26H35N2O7+. The summed E-state index contributed by atoms with van der Waals surface area (Å²) < 4.78 is 23.2. The number of rotatable bonds is 10. The number of hydrogen-bond acceptors (Lipinski definition) is 8. The number of allylic oxidation sites excluding steroid dienone is 2. The number of unbranched alkanes of at least 4 members (excludes halogenated alkanes) is 1. The Labute approximate surface area is 205 Å². The number of quaternary nitrogens is 1. The smallest absolute Gasteiger partial charge is 0.374 e. The summed E-state index contributed by atoms with van der Waals surface area (Å²) in [5.41, 5.74) is 1.33. The van der Waals surface area contributed by atoms with Crippen LogP contribution in [-0.2, 0) is 16.0 Å². The zero-order valence-electron chi connectivity index (χ0n) is 20.6. The molecule has 0 amide bonds. The first-order valence-corrected chi connectivity index (χ1v) is 12.1. The number of aliphatic hydroxyl groups is 2. The van der Waals surface area contributed by atoms with Crippen molar-refractivity contribution in [3.05, 3.63) is 47.5 Å². The number of aliphatic hydroxyl groups excluding tert-OH is 1. The molecule has 3 aliphatic heterocycles. The number of esters is 1. The van der Waals surface area contributed by atoms with Crippen LogP contribution in [0.15, 0.2) is 36.4 Å². The molecule has 4 N–H and O–H groups in total. The highest BCUT2D eigenvalue weighted by atomic mass is 16.6. The molecule has 0 fully saturated rings. The second kappa shape index (κ2) is 10.7. The van der Waals surface area contributed by atoms with E-state index in [4.69, 9.17) is 24.1 Å². The van der Waals surface area contributed by atoms with E-state index in [1.54, 1.807) is 33.1 Å². The molecule has 9 nitrogen and oxygen atoms in total. The van der Waals surface area contributed by atoms with Crippen LogP contribution in [0.4, 0.5) is 0 Å². The predicted octanol–water partition coefficient (Wildman–Crippen LogP) is 1.05. The van der Waals surface area contributed by atoms with Crippen LogP contribution in [0.25, 0.3) is 5.57 Å². The van der Waals surface area contributed by atoms with Crippen molar-refractivity contribution in [2.24, 2.45) is 0 Å². The molecule has 190 valence electrons. The lowest BCUT2D eigenvalue weighted by Gasteiger charge is -2.29. The van der Waals surface area contributed by atoms with Crippen molar-refractivity contribution < 1.29 is 38.9 Å². The number of ether oxygens (including phenoxy) is 4.